The maximum absolute atomic E-state index is 9.54. The van der Waals surface area contributed by atoms with Gasteiger partial charge in [-0.05, 0) is 19.8 Å². The van der Waals surface area contributed by atoms with Crippen LogP contribution in [0.2, 0.25) is 0 Å². The van der Waals surface area contributed by atoms with Crippen LogP contribution < -0.4 is 0 Å². The van der Waals surface area contributed by atoms with E-state index in [9.17, 15) is 5.11 Å². The lowest BCUT2D eigenvalue weighted by atomic mass is 10.0. The largest absolute Gasteiger partial charge is 0.391 e. The SMILES string of the molecule is CCCCCCCCCCCCCCC(C)[N+](C)(CO)CCO. The van der Waals surface area contributed by atoms with Gasteiger partial charge < -0.3 is 10.2 Å². The quantitative estimate of drug-likeness (QED) is 0.227. The number of unbranched alkanes of at least 4 members (excludes halogenated alkanes) is 11. The highest BCUT2D eigenvalue weighted by atomic mass is 16.3. The van der Waals surface area contributed by atoms with Crippen LogP contribution in [0.5, 0.6) is 0 Å². The van der Waals surface area contributed by atoms with E-state index >= 15 is 0 Å². The molecule has 0 amide bonds. The van der Waals surface area contributed by atoms with Crippen LogP contribution in [-0.2, 0) is 0 Å². The number of rotatable bonds is 17. The Bertz CT molecular complexity index is 248. The monoisotopic (exact) mass is 330 g/mol. The van der Waals surface area contributed by atoms with Crippen molar-refractivity contribution in [3.63, 3.8) is 0 Å². The van der Waals surface area contributed by atoms with Crippen molar-refractivity contribution in [2.45, 2.75) is 103 Å². The zero-order chi connectivity index (χ0) is 17.4. The zero-order valence-electron chi connectivity index (χ0n) is 16.2. The molecule has 0 aliphatic rings. The van der Waals surface area contributed by atoms with Crippen molar-refractivity contribution in [2.75, 3.05) is 26.9 Å². The number of nitrogens with zero attached hydrogens (tertiary/aromatic N) is 1. The average molecular weight is 331 g/mol. The summed E-state index contributed by atoms with van der Waals surface area (Å²) < 4.78 is 0.578. The van der Waals surface area contributed by atoms with Crippen LogP contribution >= 0.6 is 0 Å². The molecule has 0 rings (SSSR count). The normalized spacial score (nSPS) is 15.5. The minimum Gasteiger partial charge on any atom is -0.391 e. The predicted molar refractivity (Wildman–Crippen MR) is 100 cm³/mol. The van der Waals surface area contributed by atoms with Gasteiger partial charge in [0.2, 0.25) is 0 Å². The Labute approximate surface area is 145 Å². The number of aliphatic hydroxyl groups is 2. The van der Waals surface area contributed by atoms with E-state index in [1.165, 1.54) is 77.0 Å². The summed E-state index contributed by atoms with van der Waals surface area (Å²) in [5, 5.41) is 18.7. The smallest absolute Gasteiger partial charge is 0.180 e. The third kappa shape index (κ3) is 12.0. The summed E-state index contributed by atoms with van der Waals surface area (Å²) >= 11 is 0. The summed E-state index contributed by atoms with van der Waals surface area (Å²) in [6, 6.07) is 0.426. The first-order valence-corrected chi connectivity index (χ1v) is 10.2. The van der Waals surface area contributed by atoms with Crippen molar-refractivity contribution in [3.8, 4) is 0 Å². The third-order valence-corrected chi connectivity index (χ3v) is 5.47. The summed E-state index contributed by atoms with van der Waals surface area (Å²) in [6.07, 6.45) is 17.7. The van der Waals surface area contributed by atoms with E-state index in [1.807, 2.05) is 7.05 Å². The molecule has 23 heavy (non-hydrogen) atoms. The molecule has 0 saturated heterocycles. The van der Waals surface area contributed by atoms with Crippen LogP contribution in [0.1, 0.15) is 97.3 Å². The fourth-order valence-electron chi connectivity index (χ4n) is 3.25. The van der Waals surface area contributed by atoms with E-state index in [1.54, 1.807) is 0 Å². The number of hydrogen-bond acceptors (Lipinski definition) is 2. The molecule has 0 aromatic heterocycles. The van der Waals surface area contributed by atoms with E-state index in [-0.39, 0.29) is 13.3 Å². The zero-order valence-corrected chi connectivity index (χ0v) is 16.2. The van der Waals surface area contributed by atoms with Gasteiger partial charge in [0.15, 0.2) is 6.73 Å². The highest BCUT2D eigenvalue weighted by molar-refractivity contribution is 4.54. The second-order valence-electron chi connectivity index (χ2n) is 7.59. The maximum atomic E-state index is 9.54. The van der Waals surface area contributed by atoms with Crippen molar-refractivity contribution in [2.24, 2.45) is 0 Å². The van der Waals surface area contributed by atoms with Crippen molar-refractivity contribution in [1.82, 2.24) is 0 Å². The van der Waals surface area contributed by atoms with Crippen LogP contribution in [0.15, 0.2) is 0 Å². The predicted octanol–water partition coefficient (Wildman–Crippen LogP) is 4.85. The second-order valence-corrected chi connectivity index (χ2v) is 7.59. The lowest BCUT2D eigenvalue weighted by Gasteiger charge is -2.37. The van der Waals surface area contributed by atoms with Gasteiger partial charge >= 0.3 is 0 Å². The van der Waals surface area contributed by atoms with Crippen LogP contribution in [0, 0.1) is 0 Å². The number of aliphatic hydroxyl groups excluding tert-OH is 2. The molecule has 0 fully saturated rings. The summed E-state index contributed by atoms with van der Waals surface area (Å²) in [7, 11) is 2.04. The molecule has 140 valence electrons. The van der Waals surface area contributed by atoms with Crippen molar-refractivity contribution in [1.29, 1.82) is 0 Å². The standard InChI is InChI=1S/C20H44NO2/c1-4-5-6-7-8-9-10-11-12-13-14-15-16-20(2)21(3,19-23)17-18-22/h20,22-23H,4-19H2,1-3H3/q+1. The molecule has 0 heterocycles. The van der Waals surface area contributed by atoms with Crippen molar-refractivity contribution < 1.29 is 14.7 Å². The first-order chi connectivity index (χ1) is 11.1. The molecule has 0 aromatic rings. The Balaban J connectivity index is 3.42. The van der Waals surface area contributed by atoms with Gasteiger partial charge in [-0.15, -0.1) is 0 Å². The molecule has 3 heteroatoms. The van der Waals surface area contributed by atoms with E-state index < -0.39 is 0 Å². The summed E-state index contributed by atoms with van der Waals surface area (Å²) in [5.74, 6) is 0. The molecule has 0 spiro atoms. The molecule has 0 saturated carbocycles. The molecule has 0 radical (unpaired) electrons. The van der Waals surface area contributed by atoms with E-state index in [0.717, 1.165) is 6.42 Å². The molecule has 2 N–H and O–H groups in total. The molecule has 2 atom stereocenters. The Hall–Kier alpha value is -0.120. The summed E-state index contributed by atoms with van der Waals surface area (Å²) in [6.45, 7) is 5.40. The van der Waals surface area contributed by atoms with Gasteiger partial charge in [0.25, 0.3) is 0 Å². The van der Waals surface area contributed by atoms with Crippen LogP contribution in [0.25, 0.3) is 0 Å². The van der Waals surface area contributed by atoms with Crippen LogP contribution in [-0.4, -0.2) is 47.7 Å². The van der Waals surface area contributed by atoms with Crippen LogP contribution in [0.3, 0.4) is 0 Å². The van der Waals surface area contributed by atoms with E-state index in [0.29, 0.717) is 17.1 Å². The van der Waals surface area contributed by atoms with Gasteiger partial charge in [0.1, 0.15) is 6.54 Å². The summed E-state index contributed by atoms with van der Waals surface area (Å²) in [5.41, 5.74) is 0. The van der Waals surface area contributed by atoms with Crippen LogP contribution in [0.4, 0.5) is 0 Å². The molecule has 0 aliphatic carbocycles. The molecule has 0 bridgehead atoms. The van der Waals surface area contributed by atoms with Gasteiger partial charge in [-0.1, -0.05) is 77.6 Å². The Morgan fingerprint density at radius 3 is 1.57 bits per heavy atom. The number of likely N-dealkylation sites (N-methyl/N-ethyl adjacent to an activating group) is 1. The van der Waals surface area contributed by atoms with Gasteiger partial charge in [-0.3, -0.25) is 4.48 Å². The topological polar surface area (TPSA) is 40.5 Å². The van der Waals surface area contributed by atoms with Gasteiger partial charge in [0, 0.05) is 0 Å². The van der Waals surface area contributed by atoms with Gasteiger partial charge in [-0.25, -0.2) is 0 Å². The Morgan fingerprint density at radius 1 is 0.739 bits per heavy atom. The fourth-order valence-corrected chi connectivity index (χ4v) is 3.25. The first kappa shape index (κ1) is 22.9. The highest BCUT2D eigenvalue weighted by Crippen LogP contribution is 2.17. The lowest BCUT2D eigenvalue weighted by Crippen LogP contribution is -2.53. The van der Waals surface area contributed by atoms with E-state index in [4.69, 9.17) is 5.11 Å². The van der Waals surface area contributed by atoms with Gasteiger partial charge in [0.05, 0.1) is 19.7 Å². The summed E-state index contributed by atoms with van der Waals surface area (Å²) in [4.78, 5) is 0. The van der Waals surface area contributed by atoms with Gasteiger partial charge in [-0.2, -0.15) is 0 Å². The number of quaternary nitrogens is 1. The molecule has 3 nitrogen and oxygen atoms in total. The third-order valence-electron chi connectivity index (χ3n) is 5.47. The average Bonchev–Trinajstić information content (AvgIpc) is 2.55. The van der Waals surface area contributed by atoms with E-state index in [2.05, 4.69) is 13.8 Å². The Kier molecular flexibility index (Phi) is 15.3. The molecule has 0 aromatic carbocycles. The first-order valence-electron chi connectivity index (χ1n) is 10.2. The minimum atomic E-state index is 0.125. The Morgan fingerprint density at radius 2 is 1.17 bits per heavy atom. The molecule has 0 aliphatic heterocycles. The molecular weight excluding hydrogens is 286 g/mol. The second kappa shape index (κ2) is 15.4. The van der Waals surface area contributed by atoms with Crippen molar-refractivity contribution >= 4 is 0 Å². The number of hydrogen-bond donors (Lipinski definition) is 2. The highest BCUT2D eigenvalue weighted by Gasteiger charge is 2.26. The molecular formula is C20H44NO2+. The van der Waals surface area contributed by atoms with Crippen molar-refractivity contribution in [3.05, 3.63) is 0 Å². The fraction of sp³-hybridized carbons (Fsp3) is 1.00. The molecule has 2 unspecified atom stereocenters. The minimum absolute atomic E-state index is 0.125. The maximum Gasteiger partial charge on any atom is 0.180 e. The lowest BCUT2D eigenvalue weighted by molar-refractivity contribution is -0.948.